The minimum Gasteiger partial charge on any atom is -0.480 e. The summed E-state index contributed by atoms with van der Waals surface area (Å²) < 4.78 is 0. The number of carbonyl (C=O) groups is 2. The van der Waals surface area contributed by atoms with Crippen LogP contribution in [0.1, 0.15) is 38.5 Å². The molecular weight excluding hydrogens is 218 g/mol. The number of fused-ring (bicyclic) bond motifs is 1. The zero-order valence-electron chi connectivity index (χ0n) is 9.89. The molecule has 0 heterocycles. The van der Waals surface area contributed by atoms with Gasteiger partial charge in [-0.15, -0.1) is 0 Å². The van der Waals surface area contributed by atoms with Gasteiger partial charge in [0.1, 0.15) is 6.04 Å². The molecule has 0 spiro atoms. The van der Waals surface area contributed by atoms with Crippen LogP contribution in [0, 0.1) is 23.7 Å². The molecule has 3 fully saturated rings. The highest BCUT2D eigenvalue weighted by Crippen LogP contribution is 2.55. The highest BCUT2D eigenvalue weighted by atomic mass is 16.4. The molecule has 3 saturated carbocycles. The van der Waals surface area contributed by atoms with Gasteiger partial charge in [-0.25, -0.2) is 4.79 Å². The molecule has 3 aliphatic carbocycles. The summed E-state index contributed by atoms with van der Waals surface area (Å²) in [6.07, 6.45) is 6.66. The summed E-state index contributed by atoms with van der Waals surface area (Å²) in [4.78, 5) is 23.1. The van der Waals surface area contributed by atoms with Crippen molar-refractivity contribution in [3.63, 3.8) is 0 Å². The fraction of sp³-hybridized carbons (Fsp3) is 0.846. The zero-order chi connectivity index (χ0) is 12.0. The first-order valence-corrected chi connectivity index (χ1v) is 6.71. The number of hydrogen-bond acceptors (Lipinski definition) is 2. The number of nitrogens with one attached hydrogen (secondary N) is 1. The summed E-state index contributed by atoms with van der Waals surface area (Å²) in [7, 11) is 0. The molecule has 4 heteroatoms. The van der Waals surface area contributed by atoms with E-state index in [-0.39, 0.29) is 17.7 Å². The molecule has 0 aliphatic heterocycles. The zero-order valence-corrected chi connectivity index (χ0v) is 9.89. The third kappa shape index (κ3) is 2.05. The smallest absolute Gasteiger partial charge is 0.326 e. The molecule has 3 aliphatic rings. The van der Waals surface area contributed by atoms with Gasteiger partial charge in [0.25, 0.3) is 0 Å². The summed E-state index contributed by atoms with van der Waals surface area (Å²) in [5, 5.41) is 11.8. The Balaban J connectivity index is 1.58. The first-order chi connectivity index (χ1) is 8.18. The Kier molecular flexibility index (Phi) is 2.60. The Labute approximate surface area is 101 Å². The van der Waals surface area contributed by atoms with E-state index in [0.29, 0.717) is 11.8 Å². The fourth-order valence-electron chi connectivity index (χ4n) is 3.44. The van der Waals surface area contributed by atoms with Gasteiger partial charge in [0, 0.05) is 5.92 Å². The maximum atomic E-state index is 12.0. The van der Waals surface area contributed by atoms with Crippen LogP contribution in [0.2, 0.25) is 0 Å². The van der Waals surface area contributed by atoms with Crippen molar-refractivity contribution in [2.24, 2.45) is 23.7 Å². The van der Waals surface area contributed by atoms with E-state index < -0.39 is 12.0 Å². The van der Waals surface area contributed by atoms with E-state index in [1.165, 1.54) is 12.8 Å². The average molecular weight is 237 g/mol. The first kappa shape index (κ1) is 11.1. The summed E-state index contributed by atoms with van der Waals surface area (Å²) in [5.41, 5.74) is 0. The van der Waals surface area contributed by atoms with Gasteiger partial charge in [-0.2, -0.15) is 0 Å². The quantitative estimate of drug-likeness (QED) is 0.776. The van der Waals surface area contributed by atoms with Crippen LogP contribution >= 0.6 is 0 Å². The lowest BCUT2D eigenvalue weighted by molar-refractivity contribution is -0.142. The Morgan fingerprint density at radius 2 is 1.65 bits per heavy atom. The molecule has 0 saturated heterocycles. The van der Waals surface area contributed by atoms with Crippen LogP contribution < -0.4 is 5.32 Å². The lowest BCUT2D eigenvalue weighted by Gasteiger charge is -2.13. The second-order valence-electron chi connectivity index (χ2n) is 5.80. The van der Waals surface area contributed by atoms with Crippen molar-refractivity contribution in [1.82, 2.24) is 5.32 Å². The van der Waals surface area contributed by atoms with Gasteiger partial charge in [-0.3, -0.25) is 4.79 Å². The number of carboxylic acid groups (broad SMARTS) is 1. The van der Waals surface area contributed by atoms with E-state index in [1.807, 2.05) is 0 Å². The molecule has 1 amide bonds. The SMILES string of the molecule is O=C(O)C(NC(=O)C1C2CCCCC21)C1CC1. The van der Waals surface area contributed by atoms with Crippen molar-refractivity contribution in [2.45, 2.75) is 44.6 Å². The van der Waals surface area contributed by atoms with Gasteiger partial charge in [-0.1, -0.05) is 12.8 Å². The van der Waals surface area contributed by atoms with E-state index in [0.717, 1.165) is 25.7 Å². The molecule has 0 bridgehead atoms. The molecule has 3 unspecified atom stereocenters. The van der Waals surface area contributed by atoms with Gasteiger partial charge in [0.15, 0.2) is 0 Å². The summed E-state index contributed by atoms with van der Waals surface area (Å²) in [6.45, 7) is 0. The Morgan fingerprint density at radius 1 is 1.06 bits per heavy atom. The Morgan fingerprint density at radius 3 is 2.12 bits per heavy atom. The number of carbonyl (C=O) groups excluding carboxylic acids is 1. The van der Waals surface area contributed by atoms with Crippen molar-refractivity contribution in [1.29, 1.82) is 0 Å². The van der Waals surface area contributed by atoms with Crippen molar-refractivity contribution in [2.75, 3.05) is 0 Å². The predicted molar refractivity (Wildman–Crippen MR) is 61.2 cm³/mol. The lowest BCUT2D eigenvalue weighted by Crippen LogP contribution is -2.43. The predicted octanol–water partition coefficient (Wildman–Crippen LogP) is 1.40. The highest BCUT2D eigenvalue weighted by Gasteiger charge is 2.55. The summed E-state index contributed by atoms with van der Waals surface area (Å²) in [6, 6.07) is -0.634. The maximum absolute atomic E-state index is 12.0. The molecule has 3 atom stereocenters. The standard InChI is InChI=1S/C13H19NO3/c15-12(10-8-3-1-2-4-9(8)10)14-11(13(16)17)7-5-6-7/h7-11H,1-6H2,(H,14,15)(H,16,17). The Bertz CT molecular complexity index is 339. The molecule has 0 aromatic heterocycles. The number of aliphatic carboxylic acids is 1. The van der Waals surface area contributed by atoms with Crippen LogP contribution in [-0.4, -0.2) is 23.0 Å². The van der Waals surface area contributed by atoms with E-state index in [2.05, 4.69) is 5.32 Å². The van der Waals surface area contributed by atoms with Crippen LogP contribution in [0.25, 0.3) is 0 Å². The average Bonchev–Trinajstić information content (AvgIpc) is 3.18. The minimum atomic E-state index is -0.871. The van der Waals surface area contributed by atoms with Crippen molar-refractivity contribution >= 4 is 11.9 Å². The molecular formula is C13H19NO3. The third-order valence-corrected chi connectivity index (χ3v) is 4.62. The maximum Gasteiger partial charge on any atom is 0.326 e. The fourth-order valence-corrected chi connectivity index (χ4v) is 3.44. The van der Waals surface area contributed by atoms with E-state index >= 15 is 0 Å². The van der Waals surface area contributed by atoms with Crippen LogP contribution in [0.15, 0.2) is 0 Å². The molecule has 17 heavy (non-hydrogen) atoms. The van der Waals surface area contributed by atoms with Gasteiger partial charge in [0.05, 0.1) is 0 Å². The monoisotopic (exact) mass is 237 g/mol. The molecule has 4 nitrogen and oxygen atoms in total. The second-order valence-corrected chi connectivity index (χ2v) is 5.80. The summed E-state index contributed by atoms with van der Waals surface area (Å²) >= 11 is 0. The minimum absolute atomic E-state index is 0.00111. The lowest BCUT2D eigenvalue weighted by atomic mass is 10.0. The molecule has 94 valence electrons. The van der Waals surface area contributed by atoms with Crippen LogP contribution in [0.3, 0.4) is 0 Å². The molecule has 0 radical (unpaired) electrons. The topological polar surface area (TPSA) is 66.4 Å². The van der Waals surface area contributed by atoms with Crippen molar-refractivity contribution in [3.8, 4) is 0 Å². The van der Waals surface area contributed by atoms with Gasteiger partial charge >= 0.3 is 5.97 Å². The van der Waals surface area contributed by atoms with Crippen LogP contribution in [0.4, 0.5) is 0 Å². The number of amides is 1. The van der Waals surface area contributed by atoms with E-state index in [1.54, 1.807) is 0 Å². The van der Waals surface area contributed by atoms with E-state index in [4.69, 9.17) is 5.11 Å². The van der Waals surface area contributed by atoms with Gasteiger partial charge < -0.3 is 10.4 Å². The van der Waals surface area contributed by atoms with E-state index in [9.17, 15) is 9.59 Å². The normalized spacial score (nSPS) is 36.8. The second kappa shape index (κ2) is 4.00. The van der Waals surface area contributed by atoms with Crippen molar-refractivity contribution < 1.29 is 14.7 Å². The first-order valence-electron chi connectivity index (χ1n) is 6.71. The molecule has 0 aromatic rings. The van der Waals surface area contributed by atoms with Gasteiger partial charge in [0.2, 0.25) is 5.91 Å². The molecule has 0 aromatic carbocycles. The van der Waals surface area contributed by atoms with Crippen LogP contribution in [0.5, 0.6) is 0 Å². The van der Waals surface area contributed by atoms with Crippen LogP contribution in [-0.2, 0) is 9.59 Å². The van der Waals surface area contributed by atoms with Crippen molar-refractivity contribution in [3.05, 3.63) is 0 Å². The summed E-state index contributed by atoms with van der Waals surface area (Å²) in [5.74, 6) is 0.538. The third-order valence-electron chi connectivity index (χ3n) is 4.62. The van der Waals surface area contributed by atoms with Gasteiger partial charge in [-0.05, 0) is 43.4 Å². The molecule has 2 N–H and O–H groups in total. The number of hydrogen-bond donors (Lipinski definition) is 2. The highest BCUT2D eigenvalue weighted by molar-refractivity contribution is 5.87. The molecule has 3 rings (SSSR count). The Hall–Kier alpha value is -1.06. The number of carboxylic acids is 1. The largest absolute Gasteiger partial charge is 0.480 e. The number of rotatable bonds is 4.